The highest BCUT2D eigenvalue weighted by atomic mass is 35.5. The molecule has 23 heavy (non-hydrogen) atoms. The molecule has 0 bridgehead atoms. The van der Waals surface area contributed by atoms with Crippen molar-refractivity contribution >= 4 is 29.2 Å². The summed E-state index contributed by atoms with van der Waals surface area (Å²) in [7, 11) is 0. The summed E-state index contributed by atoms with van der Waals surface area (Å²) in [5, 5.41) is 5.60. The molecule has 2 heterocycles. The summed E-state index contributed by atoms with van der Waals surface area (Å²) in [6, 6.07) is 8.81. The maximum atomic E-state index is 11.8. The molecule has 0 spiro atoms. The van der Waals surface area contributed by atoms with E-state index in [1.54, 1.807) is 6.07 Å². The van der Waals surface area contributed by atoms with Gasteiger partial charge in [0.2, 0.25) is 11.8 Å². The molecule has 1 aromatic heterocycles. The van der Waals surface area contributed by atoms with E-state index in [-0.39, 0.29) is 17.0 Å². The summed E-state index contributed by atoms with van der Waals surface area (Å²) in [5.41, 5.74) is 1.93. The first-order valence-electron chi connectivity index (χ1n) is 7.23. The summed E-state index contributed by atoms with van der Waals surface area (Å²) in [6.45, 7) is 1.98. The molecule has 0 aliphatic carbocycles. The van der Waals surface area contributed by atoms with Crippen LogP contribution in [-0.4, -0.2) is 27.8 Å². The molecule has 1 fully saturated rings. The van der Waals surface area contributed by atoms with Crippen molar-refractivity contribution in [2.75, 3.05) is 5.32 Å². The van der Waals surface area contributed by atoms with Crippen molar-refractivity contribution in [3.05, 3.63) is 41.0 Å². The third kappa shape index (κ3) is 3.65. The van der Waals surface area contributed by atoms with Crippen LogP contribution in [0.25, 0.3) is 11.4 Å². The fourth-order valence-corrected chi connectivity index (χ4v) is 2.60. The van der Waals surface area contributed by atoms with Gasteiger partial charge in [-0.05, 0) is 19.4 Å². The molecule has 118 valence electrons. The number of aromatic nitrogens is 2. The number of carbonyl (C=O) groups excluding carboxylic acids is 2. The summed E-state index contributed by atoms with van der Waals surface area (Å²) < 4.78 is 0. The summed E-state index contributed by atoms with van der Waals surface area (Å²) in [4.78, 5) is 31.7. The highest BCUT2D eigenvalue weighted by Gasteiger charge is 2.26. The van der Waals surface area contributed by atoms with Crippen LogP contribution >= 0.6 is 11.6 Å². The van der Waals surface area contributed by atoms with Crippen LogP contribution in [-0.2, 0) is 9.59 Å². The van der Waals surface area contributed by atoms with E-state index in [2.05, 4.69) is 20.6 Å². The number of hydrogen-bond acceptors (Lipinski definition) is 5. The van der Waals surface area contributed by atoms with Crippen molar-refractivity contribution < 1.29 is 9.59 Å². The minimum absolute atomic E-state index is 0.255. The standard InChI is InChI=1S/C16H15ClN4O2/c1-9-3-2-4-10(7-9)15-19-12(17)8-13(20-15)18-11-5-6-14(22)21-16(11)23/h2-4,7-8,11H,5-6H2,1H3,(H,18,19,20)(H,21,22,23). The van der Waals surface area contributed by atoms with Crippen molar-refractivity contribution in [3.63, 3.8) is 0 Å². The van der Waals surface area contributed by atoms with Crippen LogP contribution in [0.5, 0.6) is 0 Å². The maximum absolute atomic E-state index is 11.8. The number of nitrogens with zero attached hydrogens (tertiary/aromatic N) is 2. The van der Waals surface area contributed by atoms with E-state index < -0.39 is 6.04 Å². The molecule has 1 aromatic carbocycles. The molecule has 1 saturated heterocycles. The number of anilines is 1. The highest BCUT2D eigenvalue weighted by Crippen LogP contribution is 2.22. The van der Waals surface area contributed by atoms with Crippen LogP contribution in [0.3, 0.4) is 0 Å². The number of rotatable bonds is 3. The van der Waals surface area contributed by atoms with Crippen LogP contribution in [0, 0.1) is 6.92 Å². The minimum atomic E-state index is -0.510. The summed E-state index contributed by atoms with van der Waals surface area (Å²) in [6.07, 6.45) is 0.721. The van der Waals surface area contributed by atoms with Gasteiger partial charge in [-0.25, -0.2) is 9.97 Å². The topological polar surface area (TPSA) is 84.0 Å². The van der Waals surface area contributed by atoms with Gasteiger partial charge >= 0.3 is 0 Å². The minimum Gasteiger partial charge on any atom is -0.358 e. The largest absolute Gasteiger partial charge is 0.358 e. The lowest BCUT2D eigenvalue weighted by atomic mass is 10.1. The van der Waals surface area contributed by atoms with Crippen LogP contribution in [0.2, 0.25) is 5.15 Å². The number of amides is 2. The van der Waals surface area contributed by atoms with Gasteiger partial charge in [-0.15, -0.1) is 0 Å². The first-order valence-corrected chi connectivity index (χ1v) is 7.61. The fourth-order valence-electron chi connectivity index (χ4n) is 2.41. The van der Waals surface area contributed by atoms with Crippen molar-refractivity contribution in [2.24, 2.45) is 0 Å². The Hall–Kier alpha value is -2.47. The number of carbonyl (C=O) groups is 2. The maximum Gasteiger partial charge on any atom is 0.249 e. The van der Waals surface area contributed by atoms with Crippen LogP contribution in [0.15, 0.2) is 30.3 Å². The lowest BCUT2D eigenvalue weighted by Crippen LogP contribution is -2.47. The first-order chi connectivity index (χ1) is 11.0. The number of imide groups is 1. The van der Waals surface area contributed by atoms with Crippen molar-refractivity contribution in [1.82, 2.24) is 15.3 Å². The molecule has 3 rings (SSSR count). The Morgan fingerprint density at radius 1 is 1.26 bits per heavy atom. The Morgan fingerprint density at radius 3 is 2.83 bits per heavy atom. The van der Waals surface area contributed by atoms with Gasteiger partial charge in [0.15, 0.2) is 5.82 Å². The molecule has 0 saturated carbocycles. The van der Waals surface area contributed by atoms with E-state index in [1.165, 1.54) is 0 Å². The number of halogens is 1. The fraction of sp³-hybridized carbons (Fsp3) is 0.250. The molecule has 1 aliphatic heterocycles. The molecule has 6 nitrogen and oxygen atoms in total. The third-order valence-electron chi connectivity index (χ3n) is 3.53. The van der Waals surface area contributed by atoms with Crippen LogP contribution in [0.1, 0.15) is 18.4 Å². The van der Waals surface area contributed by atoms with E-state index >= 15 is 0 Å². The van der Waals surface area contributed by atoms with Gasteiger partial charge in [-0.3, -0.25) is 14.9 Å². The molecular weight excluding hydrogens is 316 g/mol. The van der Waals surface area contributed by atoms with Gasteiger partial charge in [0.1, 0.15) is 17.0 Å². The van der Waals surface area contributed by atoms with Gasteiger partial charge in [0, 0.05) is 18.1 Å². The van der Waals surface area contributed by atoms with E-state index in [0.717, 1.165) is 11.1 Å². The Morgan fingerprint density at radius 2 is 2.09 bits per heavy atom. The molecule has 2 aromatic rings. The third-order valence-corrected chi connectivity index (χ3v) is 3.73. The van der Waals surface area contributed by atoms with Crippen molar-refractivity contribution in [1.29, 1.82) is 0 Å². The molecule has 1 unspecified atom stereocenters. The predicted molar refractivity (Wildman–Crippen MR) is 87.0 cm³/mol. The van der Waals surface area contributed by atoms with Gasteiger partial charge < -0.3 is 5.32 Å². The number of nitrogens with one attached hydrogen (secondary N) is 2. The summed E-state index contributed by atoms with van der Waals surface area (Å²) >= 11 is 6.07. The lowest BCUT2D eigenvalue weighted by Gasteiger charge is -2.22. The molecule has 7 heteroatoms. The average molecular weight is 331 g/mol. The Bertz CT molecular complexity index is 778. The second-order valence-electron chi connectivity index (χ2n) is 5.42. The van der Waals surface area contributed by atoms with Gasteiger partial charge in [-0.1, -0.05) is 35.4 Å². The van der Waals surface area contributed by atoms with E-state index in [9.17, 15) is 9.59 Å². The second kappa shape index (κ2) is 6.34. The second-order valence-corrected chi connectivity index (χ2v) is 5.80. The zero-order valence-corrected chi connectivity index (χ0v) is 13.2. The zero-order chi connectivity index (χ0) is 16.4. The van der Waals surface area contributed by atoms with E-state index in [4.69, 9.17) is 11.6 Å². The molecule has 1 atom stereocenters. The zero-order valence-electron chi connectivity index (χ0n) is 12.5. The smallest absolute Gasteiger partial charge is 0.249 e. The Labute approximate surface area is 138 Å². The van der Waals surface area contributed by atoms with E-state index in [0.29, 0.717) is 24.5 Å². The highest BCUT2D eigenvalue weighted by molar-refractivity contribution is 6.29. The number of hydrogen-bond donors (Lipinski definition) is 2. The Balaban J connectivity index is 1.86. The SMILES string of the molecule is Cc1cccc(-c2nc(Cl)cc(NC3CCC(=O)NC3=O)n2)c1. The predicted octanol–water partition coefficient (Wildman–Crippen LogP) is 2.32. The van der Waals surface area contributed by atoms with Crippen LogP contribution < -0.4 is 10.6 Å². The Kier molecular flexibility index (Phi) is 4.25. The van der Waals surface area contributed by atoms with Gasteiger partial charge in [0.05, 0.1) is 0 Å². The monoisotopic (exact) mass is 330 g/mol. The summed E-state index contributed by atoms with van der Waals surface area (Å²) in [5.74, 6) is 0.328. The first kappa shape index (κ1) is 15.4. The van der Waals surface area contributed by atoms with Gasteiger partial charge in [-0.2, -0.15) is 0 Å². The molecule has 2 N–H and O–H groups in total. The van der Waals surface area contributed by atoms with Crippen molar-refractivity contribution in [3.8, 4) is 11.4 Å². The molecule has 1 aliphatic rings. The average Bonchev–Trinajstić information content (AvgIpc) is 2.50. The number of piperidine rings is 1. The molecule has 2 amide bonds. The molecule has 0 radical (unpaired) electrons. The normalized spacial score (nSPS) is 17.7. The van der Waals surface area contributed by atoms with Crippen LogP contribution in [0.4, 0.5) is 5.82 Å². The lowest BCUT2D eigenvalue weighted by molar-refractivity contribution is -0.133. The quantitative estimate of drug-likeness (QED) is 0.666. The van der Waals surface area contributed by atoms with E-state index in [1.807, 2.05) is 31.2 Å². The van der Waals surface area contributed by atoms with Crippen molar-refractivity contribution in [2.45, 2.75) is 25.8 Å². The van der Waals surface area contributed by atoms with Gasteiger partial charge in [0.25, 0.3) is 0 Å². The number of aryl methyl sites for hydroxylation is 1. The molecular formula is C16H15ClN4O2. The number of benzene rings is 1.